The summed E-state index contributed by atoms with van der Waals surface area (Å²) < 4.78 is 39.6. The third kappa shape index (κ3) is 6.56. The van der Waals surface area contributed by atoms with E-state index in [4.69, 9.17) is 16.7 Å². The summed E-state index contributed by atoms with van der Waals surface area (Å²) in [7, 11) is -1.99. The van der Waals surface area contributed by atoms with Gasteiger partial charge in [0.25, 0.3) is 0 Å². The lowest BCUT2D eigenvalue weighted by Crippen LogP contribution is -2.25. The zero-order chi connectivity index (χ0) is 24.2. The third-order valence-electron chi connectivity index (χ3n) is 5.57. The fourth-order valence-electron chi connectivity index (χ4n) is 3.60. The topological polar surface area (TPSA) is 74.7 Å². The average Bonchev–Trinajstić information content (AvgIpc) is 2.69. The molecular weight excluding hydrogens is 453 g/mol. The number of hydrogen-bond donors (Lipinski definition) is 1. The first kappa shape index (κ1) is 25.9. The van der Waals surface area contributed by atoms with Crippen molar-refractivity contribution in [3.8, 4) is 0 Å². The molecule has 2 aromatic carbocycles. The van der Waals surface area contributed by atoms with Crippen molar-refractivity contribution in [2.75, 3.05) is 18.2 Å². The number of nitrogens with zero attached hydrogens (tertiary/aromatic N) is 1. The van der Waals surface area contributed by atoms with E-state index in [0.29, 0.717) is 34.7 Å². The Hall–Kier alpha value is -2.38. The van der Waals surface area contributed by atoms with Crippen LogP contribution in [-0.4, -0.2) is 32.8 Å². The minimum atomic E-state index is -3.75. The van der Waals surface area contributed by atoms with Crippen molar-refractivity contribution >= 4 is 38.7 Å². The van der Waals surface area contributed by atoms with Gasteiger partial charge in [-0.05, 0) is 61.1 Å². The highest BCUT2D eigenvalue weighted by atomic mass is 35.5. The van der Waals surface area contributed by atoms with Crippen LogP contribution in [0.4, 0.5) is 10.1 Å². The van der Waals surface area contributed by atoms with Gasteiger partial charge in [0.2, 0.25) is 0 Å². The Morgan fingerprint density at radius 2 is 1.81 bits per heavy atom. The highest BCUT2D eigenvalue weighted by Gasteiger charge is 2.26. The van der Waals surface area contributed by atoms with E-state index < -0.39 is 21.6 Å². The second-order valence-electron chi connectivity index (χ2n) is 8.26. The average molecular weight is 482 g/mol. The Balaban J connectivity index is 2.52. The predicted octanol–water partition coefficient (Wildman–Crippen LogP) is 5.98. The summed E-state index contributed by atoms with van der Waals surface area (Å²) >= 11 is 5.99. The molecular formula is C24H29ClFNO4S. The maximum absolute atomic E-state index is 14.5. The van der Waals surface area contributed by atoms with Crippen LogP contribution in [0.5, 0.6) is 0 Å². The molecule has 1 N–H and O–H groups in total. The molecule has 0 aliphatic carbocycles. The fourth-order valence-corrected chi connectivity index (χ4v) is 4.66. The van der Waals surface area contributed by atoms with Crippen molar-refractivity contribution in [2.24, 2.45) is 5.92 Å². The molecule has 0 saturated heterocycles. The Morgan fingerprint density at radius 1 is 1.22 bits per heavy atom. The van der Waals surface area contributed by atoms with E-state index in [2.05, 4.69) is 6.58 Å². The monoisotopic (exact) mass is 481 g/mol. The number of rotatable bonds is 10. The number of carbonyl (C=O) groups is 1. The molecule has 0 amide bonds. The molecule has 5 nitrogen and oxygen atoms in total. The molecule has 0 aliphatic rings. The SMILES string of the molecule is C=C(CCC(C)CC(=O)O)c1cc(F)cc(S(C)(=O)=O)c1N(C)C(C)c1ccc(Cl)cc1. The number of benzene rings is 2. The minimum absolute atomic E-state index is 0.0192. The number of halogens is 2. The van der Waals surface area contributed by atoms with E-state index in [9.17, 15) is 17.6 Å². The van der Waals surface area contributed by atoms with E-state index in [-0.39, 0.29) is 23.3 Å². The van der Waals surface area contributed by atoms with Crippen LogP contribution in [0.15, 0.2) is 47.9 Å². The van der Waals surface area contributed by atoms with E-state index in [1.54, 1.807) is 24.1 Å². The largest absolute Gasteiger partial charge is 0.481 e. The molecule has 0 aliphatic heterocycles. The molecule has 0 aromatic heterocycles. The highest BCUT2D eigenvalue weighted by molar-refractivity contribution is 7.90. The van der Waals surface area contributed by atoms with Crippen molar-refractivity contribution < 1.29 is 22.7 Å². The van der Waals surface area contributed by atoms with Gasteiger partial charge in [-0.25, -0.2) is 12.8 Å². The lowest BCUT2D eigenvalue weighted by atomic mass is 9.94. The summed E-state index contributed by atoms with van der Waals surface area (Å²) in [5, 5.41) is 9.57. The highest BCUT2D eigenvalue weighted by Crippen LogP contribution is 2.39. The summed E-state index contributed by atoms with van der Waals surface area (Å²) in [6.45, 7) is 7.81. The van der Waals surface area contributed by atoms with Gasteiger partial charge in [0.05, 0.1) is 16.6 Å². The molecule has 8 heteroatoms. The molecule has 0 spiro atoms. The van der Waals surface area contributed by atoms with Crippen LogP contribution >= 0.6 is 11.6 Å². The summed E-state index contributed by atoms with van der Waals surface area (Å²) in [6, 6.07) is 9.30. The number of sulfone groups is 1. The van der Waals surface area contributed by atoms with Crippen LogP contribution in [0.2, 0.25) is 5.02 Å². The van der Waals surface area contributed by atoms with Crippen LogP contribution in [0.3, 0.4) is 0 Å². The third-order valence-corrected chi connectivity index (χ3v) is 6.93. The molecule has 174 valence electrons. The summed E-state index contributed by atoms with van der Waals surface area (Å²) in [6.07, 6.45) is 2.02. The first-order valence-electron chi connectivity index (χ1n) is 10.2. The molecule has 2 atom stereocenters. The van der Waals surface area contributed by atoms with E-state index in [1.165, 1.54) is 6.07 Å². The van der Waals surface area contributed by atoms with Crippen LogP contribution in [0.1, 0.15) is 50.3 Å². The van der Waals surface area contributed by atoms with Gasteiger partial charge in [-0.2, -0.15) is 0 Å². The molecule has 0 saturated carbocycles. The summed E-state index contributed by atoms with van der Waals surface area (Å²) in [5.41, 5.74) is 2.23. The predicted molar refractivity (Wildman–Crippen MR) is 127 cm³/mol. The molecule has 0 heterocycles. The first-order valence-corrected chi connectivity index (χ1v) is 12.5. The quantitative estimate of drug-likeness (QED) is 0.451. The van der Waals surface area contributed by atoms with Gasteiger partial charge < -0.3 is 10.0 Å². The Bertz CT molecular complexity index is 1100. The van der Waals surface area contributed by atoms with Crippen molar-refractivity contribution in [2.45, 2.75) is 44.0 Å². The zero-order valence-electron chi connectivity index (χ0n) is 18.7. The molecule has 2 aromatic rings. The minimum Gasteiger partial charge on any atom is -0.481 e. The van der Waals surface area contributed by atoms with Gasteiger partial charge >= 0.3 is 5.97 Å². The second-order valence-corrected chi connectivity index (χ2v) is 10.7. The zero-order valence-corrected chi connectivity index (χ0v) is 20.3. The molecule has 0 radical (unpaired) electrons. The molecule has 2 unspecified atom stereocenters. The van der Waals surface area contributed by atoms with Gasteiger partial charge in [-0.15, -0.1) is 0 Å². The fraction of sp³-hybridized carbons (Fsp3) is 0.375. The van der Waals surface area contributed by atoms with Gasteiger partial charge in [0, 0.05) is 30.3 Å². The summed E-state index contributed by atoms with van der Waals surface area (Å²) in [5.74, 6) is -1.65. The standard InChI is InChI=1S/C24H29ClFNO4S/c1-15(12-23(28)29)6-7-16(2)21-13-20(26)14-22(32(5,30)31)24(21)27(4)17(3)18-8-10-19(25)11-9-18/h8-11,13-15,17H,2,6-7,12H2,1,3-5H3,(H,28,29). The van der Waals surface area contributed by atoms with Crippen molar-refractivity contribution in [3.63, 3.8) is 0 Å². The summed E-state index contributed by atoms with van der Waals surface area (Å²) in [4.78, 5) is 12.6. The molecule has 0 bridgehead atoms. The Labute approximate surface area is 194 Å². The van der Waals surface area contributed by atoms with Crippen molar-refractivity contribution in [3.05, 3.63) is 64.9 Å². The normalized spacial score (nSPS) is 13.4. The first-order chi connectivity index (χ1) is 14.8. The smallest absolute Gasteiger partial charge is 0.303 e. The number of allylic oxidation sites excluding steroid dienone is 1. The van der Waals surface area contributed by atoms with Crippen molar-refractivity contribution in [1.82, 2.24) is 0 Å². The van der Waals surface area contributed by atoms with Crippen LogP contribution in [0.25, 0.3) is 5.57 Å². The van der Waals surface area contributed by atoms with E-state index in [1.807, 2.05) is 26.0 Å². The van der Waals surface area contributed by atoms with Crippen LogP contribution < -0.4 is 4.90 Å². The van der Waals surface area contributed by atoms with E-state index in [0.717, 1.165) is 17.9 Å². The van der Waals surface area contributed by atoms with Crippen LogP contribution in [-0.2, 0) is 14.6 Å². The Kier molecular flexibility index (Phi) is 8.48. The number of anilines is 1. The number of hydrogen-bond acceptors (Lipinski definition) is 4. The van der Waals surface area contributed by atoms with Gasteiger partial charge in [0.15, 0.2) is 9.84 Å². The molecule has 0 fully saturated rings. The van der Waals surface area contributed by atoms with Crippen LogP contribution in [0, 0.1) is 11.7 Å². The number of carboxylic acid groups (broad SMARTS) is 1. The molecule has 2 rings (SSSR count). The Morgan fingerprint density at radius 3 is 2.34 bits per heavy atom. The maximum atomic E-state index is 14.5. The van der Waals surface area contributed by atoms with E-state index >= 15 is 0 Å². The van der Waals surface area contributed by atoms with Gasteiger partial charge in [-0.1, -0.05) is 37.2 Å². The van der Waals surface area contributed by atoms with Gasteiger partial charge in [-0.3, -0.25) is 4.79 Å². The maximum Gasteiger partial charge on any atom is 0.303 e. The lowest BCUT2D eigenvalue weighted by molar-refractivity contribution is -0.138. The lowest BCUT2D eigenvalue weighted by Gasteiger charge is -2.32. The second kappa shape index (κ2) is 10.5. The van der Waals surface area contributed by atoms with Gasteiger partial charge in [0.1, 0.15) is 5.82 Å². The van der Waals surface area contributed by atoms with Crippen molar-refractivity contribution in [1.29, 1.82) is 0 Å². The number of carboxylic acids is 1. The molecule has 32 heavy (non-hydrogen) atoms. The number of aliphatic carboxylic acids is 1.